The first-order valence-corrected chi connectivity index (χ1v) is 7.00. The van der Waals surface area contributed by atoms with E-state index in [1.54, 1.807) is 31.6 Å². The van der Waals surface area contributed by atoms with Crippen LogP contribution in [0.5, 0.6) is 5.75 Å². The molecule has 0 radical (unpaired) electrons. The number of pyridine rings is 1. The Morgan fingerprint density at radius 2 is 1.86 bits per heavy atom. The van der Waals surface area contributed by atoms with E-state index in [1.807, 2.05) is 37.3 Å². The fraction of sp³-hybridized carbons (Fsp3) is 0.353. The number of benzene rings is 1. The van der Waals surface area contributed by atoms with Crippen molar-refractivity contribution in [1.29, 1.82) is 0 Å². The molecule has 0 unspecified atom stereocenters. The minimum Gasteiger partial charge on any atom is -0.496 e. The highest BCUT2D eigenvalue weighted by atomic mass is 16.5. The van der Waals surface area contributed by atoms with Gasteiger partial charge in [-0.15, -0.1) is 0 Å². The molecule has 0 aliphatic rings. The molecule has 21 heavy (non-hydrogen) atoms. The summed E-state index contributed by atoms with van der Waals surface area (Å²) in [7, 11) is 1.61. The fourth-order valence-electron chi connectivity index (χ4n) is 2.45. The summed E-state index contributed by atoms with van der Waals surface area (Å²) in [6.45, 7) is 5.67. The van der Waals surface area contributed by atoms with Crippen LogP contribution in [-0.2, 0) is 12.1 Å². The zero-order chi connectivity index (χ0) is 15.6. The quantitative estimate of drug-likeness (QED) is 0.940. The van der Waals surface area contributed by atoms with E-state index in [-0.39, 0.29) is 5.56 Å². The first kappa shape index (κ1) is 15.3. The molecular formula is C17H21NO3. The number of aliphatic hydroxyl groups is 1. The maximum absolute atomic E-state index is 12.6. The van der Waals surface area contributed by atoms with E-state index in [2.05, 4.69) is 0 Å². The molecule has 0 saturated heterocycles. The second-order valence-corrected chi connectivity index (χ2v) is 5.44. The molecule has 1 aromatic heterocycles. The highest BCUT2D eigenvalue weighted by Gasteiger charge is 2.22. The van der Waals surface area contributed by atoms with E-state index < -0.39 is 5.60 Å². The van der Waals surface area contributed by atoms with Gasteiger partial charge < -0.3 is 14.4 Å². The first-order valence-electron chi connectivity index (χ1n) is 7.00. The fourth-order valence-corrected chi connectivity index (χ4v) is 2.45. The van der Waals surface area contributed by atoms with Crippen molar-refractivity contribution >= 4 is 0 Å². The minimum atomic E-state index is -1.16. The van der Waals surface area contributed by atoms with Crippen molar-refractivity contribution in [2.45, 2.75) is 32.9 Å². The van der Waals surface area contributed by atoms with Gasteiger partial charge >= 0.3 is 0 Å². The molecule has 0 saturated carbocycles. The minimum absolute atomic E-state index is 0.173. The molecule has 112 valence electrons. The number of hydrogen-bond acceptors (Lipinski definition) is 3. The average Bonchev–Trinajstić information content (AvgIpc) is 2.45. The summed E-state index contributed by atoms with van der Waals surface area (Å²) in [6.07, 6.45) is 0. The zero-order valence-corrected chi connectivity index (χ0v) is 12.9. The van der Waals surface area contributed by atoms with Crippen molar-refractivity contribution < 1.29 is 9.84 Å². The lowest BCUT2D eigenvalue weighted by molar-refractivity contribution is 0.0765. The summed E-state index contributed by atoms with van der Waals surface area (Å²) in [4.78, 5) is 12.6. The predicted molar refractivity (Wildman–Crippen MR) is 83.6 cm³/mol. The number of ether oxygens (including phenoxy) is 1. The van der Waals surface area contributed by atoms with Gasteiger partial charge in [0.2, 0.25) is 0 Å². The third-order valence-corrected chi connectivity index (χ3v) is 3.53. The van der Waals surface area contributed by atoms with Gasteiger partial charge in [-0.1, -0.05) is 12.1 Å². The Kier molecular flexibility index (Phi) is 4.19. The summed E-state index contributed by atoms with van der Waals surface area (Å²) < 4.78 is 7.03. The van der Waals surface area contributed by atoms with Gasteiger partial charge in [-0.25, -0.2) is 0 Å². The number of aromatic nitrogens is 1. The molecule has 0 aliphatic heterocycles. The van der Waals surface area contributed by atoms with Crippen LogP contribution in [0.15, 0.2) is 41.2 Å². The van der Waals surface area contributed by atoms with Crippen molar-refractivity contribution in [1.82, 2.24) is 4.57 Å². The monoisotopic (exact) mass is 287 g/mol. The lowest BCUT2D eigenvalue weighted by atomic mass is 9.98. The lowest BCUT2D eigenvalue weighted by Crippen LogP contribution is -2.32. The van der Waals surface area contributed by atoms with Crippen LogP contribution in [-0.4, -0.2) is 16.8 Å². The highest BCUT2D eigenvalue weighted by molar-refractivity contribution is 5.67. The lowest BCUT2D eigenvalue weighted by Gasteiger charge is -2.21. The normalized spacial score (nSPS) is 11.5. The summed E-state index contributed by atoms with van der Waals surface area (Å²) in [6, 6.07) is 11.1. The standard InChI is InChI=1S/C17H21NO3/c1-5-18-14(12-8-6-7-9-15(12)21-4)11-10-13(16(18)19)17(2,3)20/h6-11,20H,5H2,1-4H3. The van der Waals surface area contributed by atoms with Gasteiger partial charge in [0.25, 0.3) is 5.56 Å². The summed E-state index contributed by atoms with van der Waals surface area (Å²) >= 11 is 0. The molecule has 4 heteroatoms. The maximum atomic E-state index is 12.6. The van der Waals surface area contributed by atoms with Crippen molar-refractivity contribution in [3.63, 3.8) is 0 Å². The Hall–Kier alpha value is -2.07. The van der Waals surface area contributed by atoms with Crippen LogP contribution in [0, 0.1) is 0 Å². The van der Waals surface area contributed by atoms with Crippen molar-refractivity contribution in [3.05, 3.63) is 52.3 Å². The van der Waals surface area contributed by atoms with E-state index >= 15 is 0 Å². The molecule has 0 bridgehead atoms. The van der Waals surface area contributed by atoms with Crippen molar-refractivity contribution in [2.24, 2.45) is 0 Å². The van der Waals surface area contributed by atoms with Crippen LogP contribution in [0.1, 0.15) is 26.3 Å². The molecular weight excluding hydrogens is 266 g/mol. The Labute approximate surface area is 124 Å². The Bertz CT molecular complexity index is 696. The van der Waals surface area contributed by atoms with E-state index in [1.165, 1.54) is 0 Å². The number of para-hydroxylation sites is 1. The molecule has 1 aromatic carbocycles. The Balaban J connectivity index is 2.72. The molecule has 1 N–H and O–H groups in total. The van der Waals surface area contributed by atoms with Crippen molar-refractivity contribution in [2.75, 3.05) is 7.11 Å². The number of methoxy groups -OCH3 is 1. The van der Waals surface area contributed by atoms with Gasteiger partial charge in [0.1, 0.15) is 5.75 Å². The third kappa shape index (κ3) is 2.85. The van der Waals surface area contributed by atoms with Crippen LogP contribution in [0.3, 0.4) is 0 Å². The van der Waals surface area contributed by atoms with E-state index in [0.717, 1.165) is 17.0 Å². The largest absolute Gasteiger partial charge is 0.496 e. The topological polar surface area (TPSA) is 51.5 Å². The third-order valence-electron chi connectivity index (χ3n) is 3.53. The molecule has 2 rings (SSSR count). The molecule has 0 fully saturated rings. The number of hydrogen-bond donors (Lipinski definition) is 1. The van der Waals surface area contributed by atoms with Gasteiger partial charge in [0, 0.05) is 17.7 Å². The smallest absolute Gasteiger partial charge is 0.257 e. The van der Waals surface area contributed by atoms with Crippen molar-refractivity contribution in [3.8, 4) is 17.0 Å². The molecule has 0 atom stereocenters. The van der Waals surface area contributed by atoms with E-state index in [9.17, 15) is 9.90 Å². The number of rotatable bonds is 4. The highest BCUT2D eigenvalue weighted by Crippen LogP contribution is 2.29. The Morgan fingerprint density at radius 3 is 2.43 bits per heavy atom. The first-order chi connectivity index (χ1) is 9.90. The summed E-state index contributed by atoms with van der Waals surface area (Å²) in [5, 5.41) is 10.1. The van der Waals surface area contributed by atoms with Crippen LogP contribution in [0.25, 0.3) is 11.3 Å². The van der Waals surface area contributed by atoms with Crippen LogP contribution in [0.2, 0.25) is 0 Å². The molecule has 2 aromatic rings. The second kappa shape index (κ2) is 5.74. The molecule has 0 amide bonds. The molecule has 4 nitrogen and oxygen atoms in total. The molecule has 0 aliphatic carbocycles. The van der Waals surface area contributed by atoms with Crippen LogP contribution in [0.4, 0.5) is 0 Å². The summed E-state index contributed by atoms with van der Waals surface area (Å²) in [5.74, 6) is 0.718. The maximum Gasteiger partial charge on any atom is 0.257 e. The molecule has 1 heterocycles. The zero-order valence-electron chi connectivity index (χ0n) is 12.9. The van der Waals surface area contributed by atoms with Gasteiger partial charge in [-0.05, 0) is 45.0 Å². The number of nitrogens with zero attached hydrogens (tertiary/aromatic N) is 1. The predicted octanol–water partition coefficient (Wildman–Crippen LogP) is 2.77. The van der Waals surface area contributed by atoms with Gasteiger partial charge in [-0.3, -0.25) is 4.79 Å². The average molecular weight is 287 g/mol. The van der Waals surface area contributed by atoms with Gasteiger partial charge in [0.15, 0.2) is 0 Å². The van der Waals surface area contributed by atoms with Crippen LogP contribution >= 0.6 is 0 Å². The van der Waals surface area contributed by atoms with E-state index in [0.29, 0.717) is 12.1 Å². The Morgan fingerprint density at radius 1 is 1.19 bits per heavy atom. The van der Waals surface area contributed by atoms with Gasteiger partial charge in [0.05, 0.1) is 18.4 Å². The SMILES string of the molecule is CCn1c(-c2ccccc2OC)ccc(C(C)(C)O)c1=O. The second-order valence-electron chi connectivity index (χ2n) is 5.44. The van der Waals surface area contributed by atoms with E-state index in [4.69, 9.17) is 4.74 Å². The summed E-state index contributed by atoms with van der Waals surface area (Å²) in [5.41, 5.74) is 0.707. The molecule has 0 spiro atoms. The van der Waals surface area contributed by atoms with Crippen LogP contribution < -0.4 is 10.3 Å². The van der Waals surface area contributed by atoms with Gasteiger partial charge in [-0.2, -0.15) is 0 Å².